The van der Waals surface area contributed by atoms with Crippen LogP contribution < -0.4 is 0 Å². The first-order valence-corrected chi connectivity index (χ1v) is 11.2. The second-order valence-electron chi connectivity index (χ2n) is 6.34. The molecule has 33 heavy (non-hydrogen) atoms. The first kappa shape index (κ1) is 32.0. The third-order valence-electron chi connectivity index (χ3n) is 3.66. The fourth-order valence-corrected chi connectivity index (χ4v) is 2.08. The number of carboxylic acids is 1. The molecule has 0 fully saturated rings. The number of carboxylic acid groups (broad SMARTS) is 1. The largest absolute Gasteiger partial charge is 0.481 e. The summed E-state index contributed by atoms with van der Waals surface area (Å²) < 4.78 is 59.2. The van der Waals surface area contributed by atoms with Crippen LogP contribution in [0.25, 0.3) is 0 Å². The van der Waals surface area contributed by atoms with E-state index >= 15 is 0 Å². The van der Waals surface area contributed by atoms with Gasteiger partial charge in [0.05, 0.1) is 125 Å². The van der Waals surface area contributed by atoms with Crippen LogP contribution in [0.15, 0.2) is 0 Å². The van der Waals surface area contributed by atoms with Crippen molar-refractivity contribution in [3.8, 4) is 0 Å². The predicted molar refractivity (Wildman–Crippen MR) is 116 cm³/mol. The van der Waals surface area contributed by atoms with Crippen molar-refractivity contribution >= 4 is 5.97 Å². The summed E-state index contributed by atoms with van der Waals surface area (Å²) in [5.74, 6) is -0.875. The highest BCUT2D eigenvalue weighted by Crippen LogP contribution is 1.87. The highest BCUT2D eigenvalue weighted by atomic mass is 19.1. The Morgan fingerprint density at radius 1 is 0.424 bits per heavy atom. The van der Waals surface area contributed by atoms with E-state index in [4.69, 9.17) is 47.7 Å². The predicted octanol–water partition coefficient (Wildman–Crippen LogP) is 0.580. The van der Waals surface area contributed by atoms with Gasteiger partial charge in [-0.05, 0) is 0 Å². The second-order valence-corrected chi connectivity index (χ2v) is 6.34. The summed E-state index contributed by atoms with van der Waals surface area (Å²) in [5.41, 5.74) is 0. The standard InChI is InChI=1S/C21H41FO11/c22-2-4-26-6-8-28-10-12-30-14-16-32-18-20-33-19-17-31-15-13-29-11-9-27-7-5-25-3-1-21(23)24/h1-20H2,(H,23,24). The zero-order valence-electron chi connectivity index (χ0n) is 19.5. The van der Waals surface area contributed by atoms with Crippen LogP contribution >= 0.6 is 0 Å². The Balaban J connectivity index is 3.01. The lowest BCUT2D eigenvalue weighted by Gasteiger charge is -2.08. The molecule has 0 spiro atoms. The first-order chi connectivity index (χ1) is 16.3. The molecule has 0 aromatic rings. The molecule has 0 radical (unpaired) electrons. The van der Waals surface area contributed by atoms with Gasteiger partial charge in [0.15, 0.2) is 0 Å². The Bertz CT molecular complexity index is 391. The smallest absolute Gasteiger partial charge is 0.305 e. The summed E-state index contributed by atoms with van der Waals surface area (Å²) in [6, 6.07) is 0. The Hall–Kier alpha value is -0.960. The lowest BCUT2D eigenvalue weighted by atomic mass is 10.5. The van der Waals surface area contributed by atoms with E-state index in [0.717, 1.165) is 0 Å². The molecule has 0 atom stereocenters. The quantitative estimate of drug-likeness (QED) is 0.149. The summed E-state index contributed by atoms with van der Waals surface area (Å²) in [6.07, 6.45) is -0.00217. The van der Waals surface area contributed by atoms with Gasteiger partial charge in [-0.25, -0.2) is 4.39 Å². The molecule has 0 unspecified atom stereocenters. The fourth-order valence-electron chi connectivity index (χ4n) is 2.08. The van der Waals surface area contributed by atoms with E-state index in [1.165, 1.54) is 0 Å². The molecular formula is C21H41FO11. The molecule has 0 aliphatic rings. The molecule has 0 saturated heterocycles. The van der Waals surface area contributed by atoms with Crippen LogP contribution in [0.5, 0.6) is 0 Å². The number of rotatable bonds is 29. The van der Waals surface area contributed by atoms with Gasteiger partial charge in [-0.1, -0.05) is 0 Å². The van der Waals surface area contributed by atoms with Gasteiger partial charge in [0.1, 0.15) is 6.67 Å². The first-order valence-electron chi connectivity index (χ1n) is 11.2. The molecule has 0 saturated carbocycles. The van der Waals surface area contributed by atoms with Crippen LogP contribution in [0, 0.1) is 0 Å². The lowest BCUT2D eigenvalue weighted by molar-refractivity contribution is -0.138. The monoisotopic (exact) mass is 488 g/mol. The molecule has 0 aliphatic heterocycles. The van der Waals surface area contributed by atoms with E-state index in [2.05, 4.69) is 0 Å². The average Bonchev–Trinajstić information content (AvgIpc) is 2.80. The molecule has 11 nitrogen and oxygen atoms in total. The molecule has 0 aliphatic carbocycles. The van der Waals surface area contributed by atoms with Gasteiger partial charge in [-0.3, -0.25) is 4.79 Å². The third kappa shape index (κ3) is 31.0. The minimum atomic E-state index is -0.875. The number of hydrogen-bond acceptors (Lipinski definition) is 10. The number of aliphatic carboxylic acids is 1. The normalized spacial score (nSPS) is 11.3. The second kappa shape index (κ2) is 29.1. The maximum absolute atomic E-state index is 11.8. The van der Waals surface area contributed by atoms with Crippen molar-refractivity contribution in [1.29, 1.82) is 0 Å². The molecule has 0 bridgehead atoms. The maximum Gasteiger partial charge on any atom is 0.305 e. The molecule has 0 heterocycles. The van der Waals surface area contributed by atoms with Crippen LogP contribution in [-0.2, 0) is 47.4 Å². The number of halogens is 1. The Labute approximate surface area is 195 Å². The fraction of sp³-hybridized carbons (Fsp3) is 0.952. The van der Waals surface area contributed by atoms with Crippen molar-refractivity contribution in [2.75, 3.05) is 126 Å². The number of carbonyl (C=O) groups is 1. The molecule has 0 amide bonds. The average molecular weight is 489 g/mol. The summed E-state index contributed by atoms with van der Waals surface area (Å²) in [4.78, 5) is 10.3. The highest BCUT2D eigenvalue weighted by Gasteiger charge is 1.97. The van der Waals surface area contributed by atoms with Crippen molar-refractivity contribution in [1.82, 2.24) is 0 Å². The van der Waals surface area contributed by atoms with Gasteiger partial charge in [-0.15, -0.1) is 0 Å². The molecular weight excluding hydrogens is 447 g/mol. The zero-order valence-corrected chi connectivity index (χ0v) is 19.5. The van der Waals surface area contributed by atoms with Gasteiger partial charge in [0.25, 0.3) is 0 Å². The third-order valence-corrected chi connectivity index (χ3v) is 3.66. The topological polar surface area (TPSA) is 120 Å². The summed E-state index contributed by atoms with van der Waals surface area (Å²) >= 11 is 0. The van der Waals surface area contributed by atoms with E-state index < -0.39 is 12.6 Å². The zero-order chi connectivity index (χ0) is 24.1. The number of ether oxygens (including phenoxy) is 9. The molecule has 1 N–H and O–H groups in total. The van der Waals surface area contributed by atoms with Crippen molar-refractivity contribution in [3.05, 3.63) is 0 Å². The molecule has 12 heteroatoms. The minimum absolute atomic E-state index is 0.00217. The van der Waals surface area contributed by atoms with E-state index in [0.29, 0.717) is 106 Å². The highest BCUT2D eigenvalue weighted by molar-refractivity contribution is 5.66. The van der Waals surface area contributed by atoms with Gasteiger partial charge < -0.3 is 47.7 Å². The Morgan fingerprint density at radius 2 is 0.636 bits per heavy atom. The SMILES string of the molecule is O=C(O)CCOCCOCCOCCOCCOCCOCCOCCOCCOCCF. The van der Waals surface area contributed by atoms with Crippen LogP contribution in [0.1, 0.15) is 6.42 Å². The number of alkyl halides is 1. The Morgan fingerprint density at radius 3 is 0.848 bits per heavy atom. The van der Waals surface area contributed by atoms with Crippen LogP contribution in [-0.4, -0.2) is 137 Å². The van der Waals surface area contributed by atoms with Crippen LogP contribution in [0.3, 0.4) is 0 Å². The summed E-state index contributed by atoms with van der Waals surface area (Å²) in [6.45, 7) is 7.11. The number of hydrogen-bond donors (Lipinski definition) is 1. The van der Waals surface area contributed by atoms with Crippen molar-refractivity contribution < 1.29 is 56.9 Å². The molecule has 0 aromatic heterocycles. The van der Waals surface area contributed by atoms with Crippen molar-refractivity contribution in [2.24, 2.45) is 0 Å². The Kier molecular flexibility index (Phi) is 28.2. The molecule has 198 valence electrons. The lowest BCUT2D eigenvalue weighted by Crippen LogP contribution is -2.15. The van der Waals surface area contributed by atoms with Crippen LogP contribution in [0.2, 0.25) is 0 Å². The van der Waals surface area contributed by atoms with E-state index in [-0.39, 0.29) is 19.6 Å². The maximum atomic E-state index is 11.8. The van der Waals surface area contributed by atoms with Gasteiger partial charge >= 0.3 is 5.97 Å². The van der Waals surface area contributed by atoms with Crippen molar-refractivity contribution in [3.63, 3.8) is 0 Å². The minimum Gasteiger partial charge on any atom is -0.481 e. The van der Waals surface area contributed by atoms with Gasteiger partial charge in [-0.2, -0.15) is 0 Å². The van der Waals surface area contributed by atoms with Gasteiger partial charge in [0.2, 0.25) is 0 Å². The van der Waals surface area contributed by atoms with Crippen LogP contribution in [0.4, 0.5) is 4.39 Å². The summed E-state index contributed by atoms with van der Waals surface area (Å²) in [5, 5.41) is 8.45. The molecule has 0 rings (SSSR count). The van der Waals surface area contributed by atoms with E-state index in [1.54, 1.807) is 0 Å². The van der Waals surface area contributed by atoms with Crippen molar-refractivity contribution in [2.45, 2.75) is 6.42 Å². The summed E-state index contributed by atoms with van der Waals surface area (Å²) in [7, 11) is 0. The van der Waals surface area contributed by atoms with E-state index in [9.17, 15) is 9.18 Å². The molecule has 0 aromatic carbocycles. The van der Waals surface area contributed by atoms with E-state index in [1.807, 2.05) is 0 Å². The van der Waals surface area contributed by atoms with Gasteiger partial charge in [0, 0.05) is 0 Å².